The van der Waals surface area contributed by atoms with E-state index in [0.717, 1.165) is 41.0 Å². The van der Waals surface area contributed by atoms with E-state index in [2.05, 4.69) is 32.9 Å². The summed E-state index contributed by atoms with van der Waals surface area (Å²) in [5.41, 5.74) is 9.31. The van der Waals surface area contributed by atoms with Crippen molar-refractivity contribution >= 4 is 15.8 Å². The average Bonchev–Trinajstić information content (AvgIpc) is 3.45. The van der Waals surface area contributed by atoms with Crippen molar-refractivity contribution in [3.8, 4) is 28.4 Å². The van der Waals surface area contributed by atoms with Crippen LogP contribution in [0.5, 0.6) is 17.2 Å². The predicted octanol–water partition coefficient (Wildman–Crippen LogP) is 6.11. The maximum Gasteiger partial charge on any atom is 0.304 e. The van der Waals surface area contributed by atoms with Gasteiger partial charge in [-0.05, 0) is 97.2 Å². The Labute approximate surface area is 236 Å². The van der Waals surface area contributed by atoms with Crippen LogP contribution in [0.15, 0.2) is 42.5 Å². The van der Waals surface area contributed by atoms with Crippen molar-refractivity contribution in [3.63, 3.8) is 0 Å². The van der Waals surface area contributed by atoms with Crippen molar-refractivity contribution < 1.29 is 32.5 Å². The number of carboxylic acids is 1. The van der Waals surface area contributed by atoms with Gasteiger partial charge in [0.25, 0.3) is 0 Å². The second kappa shape index (κ2) is 11.2. The summed E-state index contributed by atoms with van der Waals surface area (Å²) in [6, 6.07) is 14.1. The molecule has 0 spiro atoms. The van der Waals surface area contributed by atoms with Crippen molar-refractivity contribution in [2.24, 2.45) is 0 Å². The number of benzene rings is 3. The van der Waals surface area contributed by atoms with Gasteiger partial charge >= 0.3 is 5.97 Å². The third kappa shape index (κ3) is 5.97. The Balaban J connectivity index is 1.36. The molecule has 0 fully saturated rings. The van der Waals surface area contributed by atoms with Crippen molar-refractivity contribution in [1.29, 1.82) is 0 Å². The van der Waals surface area contributed by atoms with Gasteiger partial charge in [-0.3, -0.25) is 4.79 Å². The lowest BCUT2D eigenvalue weighted by atomic mass is 9.87. The minimum absolute atomic E-state index is 0.0560. The van der Waals surface area contributed by atoms with Crippen LogP contribution in [0.2, 0.25) is 0 Å². The third-order valence-corrected chi connectivity index (χ3v) is 8.84. The van der Waals surface area contributed by atoms with E-state index in [-0.39, 0.29) is 24.2 Å². The Bertz CT molecular complexity index is 1530. The maximum absolute atomic E-state index is 11.4. The Hall–Kier alpha value is -3.52. The van der Waals surface area contributed by atoms with E-state index in [9.17, 15) is 18.3 Å². The van der Waals surface area contributed by atoms with Crippen molar-refractivity contribution in [3.05, 3.63) is 75.8 Å². The molecule has 0 radical (unpaired) electrons. The molecular formula is C32H36O7S. The number of carboxylic acid groups (broad SMARTS) is 1. The summed E-state index contributed by atoms with van der Waals surface area (Å²) in [6.07, 6.45) is 3.45. The molecule has 5 rings (SSSR count). The molecule has 0 unspecified atom stereocenters. The minimum atomic E-state index is -3.00. The van der Waals surface area contributed by atoms with Crippen LogP contribution in [0, 0.1) is 20.8 Å². The molecule has 2 aliphatic rings. The number of sulfone groups is 1. The van der Waals surface area contributed by atoms with Crippen LogP contribution in [0.3, 0.4) is 0 Å². The van der Waals surface area contributed by atoms with E-state index in [0.29, 0.717) is 25.4 Å². The molecule has 3 aromatic rings. The highest BCUT2D eigenvalue weighted by Crippen LogP contribution is 2.45. The summed E-state index contributed by atoms with van der Waals surface area (Å²) >= 11 is 0. The highest BCUT2D eigenvalue weighted by atomic mass is 32.2. The number of carbonyl (C=O) groups is 1. The summed E-state index contributed by atoms with van der Waals surface area (Å²) in [7, 11) is -3.00. The second-order valence-electron chi connectivity index (χ2n) is 11.0. The summed E-state index contributed by atoms with van der Waals surface area (Å²) in [5, 5.41) is 9.17. The van der Waals surface area contributed by atoms with E-state index in [1.165, 1.54) is 34.1 Å². The summed E-state index contributed by atoms with van der Waals surface area (Å²) in [6.45, 7) is 7.07. The Kier molecular flexibility index (Phi) is 7.82. The number of fused-ring (bicyclic) bond motifs is 2. The lowest BCUT2D eigenvalue weighted by Crippen LogP contribution is -2.08. The van der Waals surface area contributed by atoms with Crippen LogP contribution in [0.4, 0.5) is 0 Å². The fourth-order valence-electron chi connectivity index (χ4n) is 6.04. The number of ether oxygens (including phenoxy) is 3. The van der Waals surface area contributed by atoms with Gasteiger partial charge in [-0.1, -0.05) is 18.2 Å². The first-order chi connectivity index (χ1) is 19.0. The minimum Gasteiger partial charge on any atom is -0.494 e. The van der Waals surface area contributed by atoms with Gasteiger partial charge in [-0.2, -0.15) is 0 Å². The SMILES string of the molecule is Cc1cc(OCCCS(C)(=O)=O)cc(C)c1-c1c(C)ccc2c1CC[C@H]2Oc1ccc2c(c1)OC[C@H]2CC(=O)O. The van der Waals surface area contributed by atoms with E-state index in [1.54, 1.807) is 0 Å². The molecule has 0 amide bonds. The smallest absolute Gasteiger partial charge is 0.304 e. The fourth-order valence-corrected chi connectivity index (χ4v) is 6.68. The molecule has 1 N–H and O–H groups in total. The van der Waals surface area contributed by atoms with E-state index in [4.69, 9.17) is 14.2 Å². The number of aliphatic carboxylic acids is 1. The van der Waals surface area contributed by atoms with E-state index < -0.39 is 15.8 Å². The van der Waals surface area contributed by atoms with Crippen LogP contribution in [-0.4, -0.2) is 44.7 Å². The quantitative estimate of drug-likeness (QED) is 0.297. The van der Waals surface area contributed by atoms with Gasteiger partial charge in [0.1, 0.15) is 33.2 Å². The molecule has 2 atom stereocenters. The average molecular weight is 565 g/mol. The summed E-state index contributed by atoms with van der Waals surface area (Å²) in [5.74, 6) is 1.34. The molecule has 3 aromatic carbocycles. The topological polar surface area (TPSA) is 99.1 Å². The lowest BCUT2D eigenvalue weighted by molar-refractivity contribution is -0.137. The maximum atomic E-state index is 11.4. The molecular weight excluding hydrogens is 528 g/mol. The molecule has 8 heteroatoms. The molecule has 1 heterocycles. The highest BCUT2D eigenvalue weighted by Gasteiger charge is 2.30. The van der Waals surface area contributed by atoms with Gasteiger partial charge in [0.05, 0.1) is 25.4 Å². The first-order valence-corrected chi connectivity index (χ1v) is 15.8. The highest BCUT2D eigenvalue weighted by molar-refractivity contribution is 7.90. The molecule has 1 aliphatic heterocycles. The van der Waals surface area contributed by atoms with Crippen LogP contribution in [-0.2, 0) is 21.1 Å². The summed E-state index contributed by atoms with van der Waals surface area (Å²) in [4.78, 5) is 11.2. The van der Waals surface area contributed by atoms with E-state index >= 15 is 0 Å². The third-order valence-electron chi connectivity index (χ3n) is 7.81. The lowest BCUT2D eigenvalue weighted by Gasteiger charge is -2.20. The zero-order valence-electron chi connectivity index (χ0n) is 23.5. The Morgan fingerprint density at radius 3 is 2.40 bits per heavy atom. The Morgan fingerprint density at radius 2 is 1.70 bits per heavy atom. The second-order valence-corrected chi connectivity index (χ2v) is 13.3. The standard InChI is InChI=1S/C32H36O7S/c1-19-6-8-26-27(32(19)31-20(2)14-24(15-21(31)3)37-12-5-13-40(4,35)36)10-11-28(26)39-23-7-9-25-22(16-30(33)34)18-38-29(25)17-23/h6-9,14-15,17,22,28H,5,10-13,16,18H2,1-4H3,(H,33,34)/t22-,28-/m1/s1. The molecule has 0 saturated carbocycles. The van der Waals surface area contributed by atoms with Crippen molar-refractivity contribution in [1.82, 2.24) is 0 Å². The van der Waals surface area contributed by atoms with Crippen molar-refractivity contribution in [2.45, 2.75) is 58.5 Å². The molecule has 0 saturated heterocycles. The van der Waals surface area contributed by atoms with Crippen molar-refractivity contribution in [2.75, 3.05) is 25.2 Å². The monoisotopic (exact) mass is 564 g/mol. The Morgan fingerprint density at radius 1 is 0.975 bits per heavy atom. The number of hydrogen-bond donors (Lipinski definition) is 1. The van der Waals surface area contributed by atoms with E-state index in [1.807, 2.05) is 30.3 Å². The van der Waals surface area contributed by atoms with Crippen LogP contribution >= 0.6 is 0 Å². The van der Waals surface area contributed by atoms with Gasteiger partial charge in [0.15, 0.2) is 0 Å². The normalized spacial score (nSPS) is 17.7. The van der Waals surface area contributed by atoms with Gasteiger partial charge in [-0.15, -0.1) is 0 Å². The zero-order chi connectivity index (χ0) is 28.6. The first kappa shape index (κ1) is 28.0. The number of rotatable bonds is 10. The van der Waals surface area contributed by atoms with Crippen LogP contribution in [0.25, 0.3) is 11.1 Å². The molecule has 0 aromatic heterocycles. The first-order valence-electron chi connectivity index (χ1n) is 13.7. The largest absolute Gasteiger partial charge is 0.494 e. The van der Waals surface area contributed by atoms with Gasteiger partial charge in [0, 0.05) is 23.8 Å². The number of hydrogen-bond acceptors (Lipinski definition) is 6. The van der Waals surface area contributed by atoms with Gasteiger partial charge in [-0.25, -0.2) is 8.42 Å². The predicted molar refractivity (Wildman–Crippen MR) is 155 cm³/mol. The molecule has 40 heavy (non-hydrogen) atoms. The molecule has 1 aliphatic carbocycles. The summed E-state index contributed by atoms with van der Waals surface area (Å²) < 4.78 is 41.0. The fraction of sp³-hybridized carbons (Fsp3) is 0.406. The zero-order valence-corrected chi connectivity index (χ0v) is 24.3. The van der Waals surface area contributed by atoms with Gasteiger partial charge < -0.3 is 19.3 Å². The molecule has 7 nitrogen and oxygen atoms in total. The van der Waals surface area contributed by atoms with Crippen LogP contribution in [0.1, 0.15) is 64.7 Å². The molecule has 212 valence electrons. The number of aryl methyl sites for hydroxylation is 3. The van der Waals surface area contributed by atoms with Gasteiger partial charge in [0.2, 0.25) is 0 Å². The molecule has 0 bridgehead atoms. The van der Waals surface area contributed by atoms with Crippen LogP contribution < -0.4 is 14.2 Å².